The van der Waals surface area contributed by atoms with Gasteiger partial charge in [-0.15, -0.1) is 0 Å². The Morgan fingerprint density at radius 1 is 1.05 bits per heavy atom. The summed E-state index contributed by atoms with van der Waals surface area (Å²) in [5, 5.41) is 10.6. The van der Waals surface area contributed by atoms with E-state index in [1.165, 1.54) is 6.07 Å². The number of ether oxygens (including phenoxy) is 1. The Labute approximate surface area is 247 Å². The van der Waals surface area contributed by atoms with Gasteiger partial charge in [-0.3, -0.25) is 19.4 Å². The van der Waals surface area contributed by atoms with Crippen LogP contribution in [0.25, 0.3) is 0 Å². The first-order chi connectivity index (χ1) is 19.6. The molecule has 0 aromatic heterocycles. The van der Waals surface area contributed by atoms with Gasteiger partial charge in [-0.25, -0.2) is 4.39 Å². The van der Waals surface area contributed by atoms with Crippen LogP contribution in [0, 0.1) is 18.7 Å². The van der Waals surface area contributed by atoms with Gasteiger partial charge in [0.1, 0.15) is 11.9 Å². The first kappa shape index (κ1) is 30.0. The Bertz CT molecular complexity index is 1240. The molecule has 5 rings (SSSR count). The lowest BCUT2D eigenvalue weighted by Crippen LogP contribution is -2.60. The molecule has 3 saturated heterocycles. The number of carboxylic acid groups (broad SMARTS) is 1. The van der Waals surface area contributed by atoms with E-state index in [2.05, 4.69) is 4.90 Å². The number of nitrogens with zero attached hydrogens (tertiary/aromatic N) is 3. The average Bonchev–Trinajstić information content (AvgIpc) is 3.39. The van der Waals surface area contributed by atoms with Gasteiger partial charge in [0.25, 0.3) is 0 Å². The monoisotopic (exact) mass is 585 g/mol. The number of carboxylic acids is 1. The van der Waals surface area contributed by atoms with Crippen LogP contribution in [0.4, 0.5) is 4.39 Å². The summed E-state index contributed by atoms with van der Waals surface area (Å²) in [6, 6.07) is 12.2. The summed E-state index contributed by atoms with van der Waals surface area (Å²) in [5.41, 5.74) is 2.65. The Hall–Kier alpha value is -2.52. The van der Waals surface area contributed by atoms with E-state index in [4.69, 9.17) is 16.3 Å². The van der Waals surface area contributed by atoms with Crippen molar-refractivity contribution < 1.29 is 23.8 Å². The average molecular weight is 586 g/mol. The second kappa shape index (κ2) is 12.8. The van der Waals surface area contributed by atoms with Crippen LogP contribution >= 0.6 is 11.6 Å². The van der Waals surface area contributed by atoms with Crippen LogP contribution in [0.15, 0.2) is 42.5 Å². The molecule has 41 heavy (non-hydrogen) atoms. The van der Waals surface area contributed by atoms with Crippen molar-refractivity contribution in [2.45, 2.75) is 63.6 Å². The molecule has 3 heterocycles. The van der Waals surface area contributed by atoms with Crippen LogP contribution in [0.1, 0.15) is 55.2 Å². The number of halogens is 2. The third-order valence-electron chi connectivity index (χ3n) is 9.40. The first-order valence-electron chi connectivity index (χ1n) is 14.7. The van der Waals surface area contributed by atoms with Crippen LogP contribution in [0.5, 0.6) is 0 Å². The summed E-state index contributed by atoms with van der Waals surface area (Å²) in [4.78, 5) is 32.9. The van der Waals surface area contributed by atoms with Crippen molar-refractivity contribution in [2.24, 2.45) is 5.92 Å². The van der Waals surface area contributed by atoms with Gasteiger partial charge in [-0.2, -0.15) is 0 Å². The van der Waals surface area contributed by atoms with E-state index in [0.29, 0.717) is 62.6 Å². The number of likely N-dealkylation sites (tertiary alicyclic amines) is 1. The number of aryl methyl sites for hydroxylation is 1. The van der Waals surface area contributed by atoms with Gasteiger partial charge in [0.2, 0.25) is 5.91 Å². The zero-order chi connectivity index (χ0) is 29.3. The summed E-state index contributed by atoms with van der Waals surface area (Å²) < 4.78 is 20.7. The molecule has 0 unspecified atom stereocenters. The standard InChI is InChI=1S/C32H41ClFN3O4/c1-20-4-6-23(7-5-20)22(3)30(32(39)40)35-12-13-37(21(2)17-35)31(38)28-19-36(25-10-14-41-15-11-25)18-27(28)26-9-8-24(33)16-29(26)34/h4-9,16,21-22,25,27-28,30H,10-15,17-19H2,1-3H3,(H,39,40)/t21-,22-,27-,28+,30-/m0/s1. The van der Waals surface area contributed by atoms with Gasteiger partial charge in [0, 0.05) is 74.9 Å². The van der Waals surface area contributed by atoms with Gasteiger partial charge in [0.05, 0.1) is 5.92 Å². The highest BCUT2D eigenvalue weighted by Gasteiger charge is 2.46. The van der Waals surface area contributed by atoms with Crippen LogP contribution in [0.3, 0.4) is 0 Å². The smallest absolute Gasteiger partial charge is 0.321 e. The number of carbonyl (C=O) groups is 2. The lowest BCUT2D eigenvalue weighted by molar-refractivity contribution is -0.147. The van der Waals surface area contributed by atoms with Crippen molar-refractivity contribution in [3.8, 4) is 0 Å². The molecule has 1 amide bonds. The van der Waals surface area contributed by atoms with Gasteiger partial charge in [-0.1, -0.05) is 54.4 Å². The molecule has 0 saturated carbocycles. The summed E-state index contributed by atoms with van der Waals surface area (Å²) in [5.74, 6) is -2.08. The second-order valence-corrected chi connectivity index (χ2v) is 12.5. The minimum absolute atomic E-state index is 0.0181. The maximum atomic E-state index is 15.2. The molecule has 7 nitrogen and oxygen atoms in total. The van der Waals surface area contributed by atoms with E-state index in [9.17, 15) is 14.7 Å². The molecule has 2 aromatic carbocycles. The summed E-state index contributed by atoms with van der Waals surface area (Å²) in [6.45, 7) is 9.93. The number of amides is 1. The van der Waals surface area contributed by atoms with E-state index >= 15 is 4.39 Å². The van der Waals surface area contributed by atoms with Gasteiger partial charge in [-0.05, 0) is 49.9 Å². The van der Waals surface area contributed by atoms with Gasteiger partial charge >= 0.3 is 5.97 Å². The molecule has 222 valence electrons. The highest BCUT2D eigenvalue weighted by molar-refractivity contribution is 6.30. The largest absolute Gasteiger partial charge is 0.480 e. The molecule has 3 aliphatic rings. The fourth-order valence-electron chi connectivity index (χ4n) is 7.07. The second-order valence-electron chi connectivity index (χ2n) is 12.0. The molecule has 3 aliphatic heterocycles. The first-order valence-corrected chi connectivity index (χ1v) is 15.1. The van der Waals surface area contributed by atoms with Crippen molar-refractivity contribution in [3.63, 3.8) is 0 Å². The highest BCUT2D eigenvalue weighted by Crippen LogP contribution is 2.39. The molecule has 2 aromatic rings. The van der Waals surface area contributed by atoms with E-state index in [1.54, 1.807) is 12.1 Å². The van der Waals surface area contributed by atoms with Crippen LogP contribution in [0.2, 0.25) is 5.02 Å². The molecule has 9 heteroatoms. The molecule has 0 aliphatic carbocycles. The van der Waals surface area contributed by atoms with Crippen LogP contribution in [-0.2, 0) is 14.3 Å². The number of aliphatic carboxylic acids is 1. The fraction of sp³-hybridized carbons (Fsp3) is 0.562. The van der Waals surface area contributed by atoms with Crippen LogP contribution in [-0.4, -0.2) is 95.7 Å². The number of hydrogen-bond acceptors (Lipinski definition) is 5. The van der Waals surface area contributed by atoms with Crippen molar-refractivity contribution in [1.29, 1.82) is 0 Å². The summed E-state index contributed by atoms with van der Waals surface area (Å²) in [7, 11) is 0. The van der Waals surface area contributed by atoms with Crippen LogP contribution < -0.4 is 0 Å². The third-order valence-corrected chi connectivity index (χ3v) is 9.63. The van der Waals surface area contributed by atoms with Crippen molar-refractivity contribution in [3.05, 3.63) is 70.0 Å². The molecule has 1 N–H and O–H groups in total. The zero-order valence-electron chi connectivity index (χ0n) is 24.1. The SMILES string of the molecule is Cc1ccc([C@H](C)[C@@H](C(=O)O)N2CCN(C(=O)[C@@H]3CN(C4CCOCC4)C[C@H]3c3ccc(Cl)cc3F)[C@@H](C)C2)cc1. The van der Waals surface area contributed by atoms with E-state index in [0.717, 1.165) is 24.0 Å². The van der Waals surface area contributed by atoms with E-state index in [-0.39, 0.29) is 35.5 Å². The Morgan fingerprint density at radius 2 is 1.76 bits per heavy atom. The minimum atomic E-state index is -0.855. The molecule has 0 radical (unpaired) electrons. The number of piperazine rings is 1. The predicted octanol–water partition coefficient (Wildman–Crippen LogP) is 4.77. The van der Waals surface area contributed by atoms with Crippen molar-refractivity contribution in [2.75, 3.05) is 45.9 Å². The number of hydrogen-bond donors (Lipinski definition) is 1. The fourth-order valence-corrected chi connectivity index (χ4v) is 7.23. The summed E-state index contributed by atoms with van der Waals surface area (Å²) in [6.07, 6.45) is 1.81. The lowest BCUT2D eigenvalue weighted by Gasteiger charge is -2.44. The normalized spacial score (nSPS) is 26.2. The predicted molar refractivity (Wildman–Crippen MR) is 157 cm³/mol. The third kappa shape index (κ3) is 6.46. The minimum Gasteiger partial charge on any atom is -0.480 e. The van der Waals surface area contributed by atoms with Gasteiger partial charge in [0.15, 0.2) is 0 Å². The number of benzene rings is 2. The molecular formula is C32H41ClFN3O4. The zero-order valence-corrected chi connectivity index (χ0v) is 24.9. The van der Waals surface area contributed by atoms with Crippen molar-refractivity contribution >= 4 is 23.5 Å². The number of rotatable bonds is 7. The Morgan fingerprint density at radius 3 is 2.39 bits per heavy atom. The molecule has 3 fully saturated rings. The molecule has 0 bridgehead atoms. The summed E-state index contributed by atoms with van der Waals surface area (Å²) >= 11 is 6.06. The van der Waals surface area contributed by atoms with Crippen molar-refractivity contribution in [1.82, 2.24) is 14.7 Å². The van der Waals surface area contributed by atoms with E-state index < -0.39 is 12.0 Å². The molecule has 0 spiro atoms. The quantitative estimate of drug-likeness (QED) is 0.505. The molecule has 5 atom stereocenters. The van der Waals surface area contributed by atoms with Gasteiger partial charge < -0.3 is 14.7 Å². The Balaban J connectivity index is 1.33. The van der Waals surface area contributed by atoms with E-state index in [1.807, 2.05) is 54.8 Å². The topological polar surface area (TPSA) is 73.3 Å². The Kier molecular flexibility index (Phi) is 9.33. The lowest BCUT2D eigenvalue weighted by atomic mass is 9.87. The highest BCUT2D eigenvalue weighted by atomic mass is 35.5. The molecular weight excluding hydrogens is 545 g/mol. The number of carbonyl (C=O) groups excluding carboxylic acids is 1. The maximum Gasteiger partial charge on any atom is 0.321 e. The maximum absolute atomic E-state index is 15.2.